The van der Waals surface area contributed by atoms with Crippen LogP contribution in [0.1, 0.15) is 215 Å². The number of unbranched alkanes of at least 4 members (excludes halogenated alkanes) is 4. The number of hydrogen-bond acceptors (Lipinski definition) is 22. The number of benzene rings is 3. The zero-order chi connectivity index (χ0) is 98.1. The number of primary amides is 1. The zero-order valence-electron chi connectivity index (χ0n) is 79.1. The molecule has 1 saturated heterocycles. The topological polar surface area (TPSA) is 621 Å². The molecule has 0 unspecified atom stereocenters. The van der Waals surface area contributed by atoms with E-state index in [1.54, 1.807) is 133 Å². The second kappa shape index (κ2) is 60.9. The highest BCUT2D eigenvalue weighted by molar-refractivity contribution is 6.01. The summed E-state index contributed by atoms with van der Waals surface area (Å²) in [7, 11) is 0. The Bertz CT molecular complexity index is 4140. The normalized spacial score (nSPS) is 16.4. The van der Waals surface area contributed by atoms with Crippen LogP contribution in [0.15, 0.2) is 91.0 Å². The molecular formula is C94H153N21O17. The van der Waals surface area contributed by atoms with E-state index >= 15 is 0 Å². The van der Waals surface area contributed by atoms with Gasteiger partial charge in [0.1, 0.15) is 90.6 Å². The second-order valence-electron chi connectivity index (χ2n) is 35.5. The summed E-state index contributed by atoms with van der Waals surface area (Å²) in [5.41, 5.74) is 36.8. The van der Waals surface area contributed by atoms with Crippen LogP contribution in [0, 0.1) is 29.6 Å². The summed E-state index contributed by atoms with van der Waals surface area (Å²) in [4.78, 5) is 230. The second-order valence-corrected chi connectivity index (χ2v) is 35.5. The van der Waals surface area contributed by atoms with Crippen molar-refractivity contribution in [3.63, 3.8) is 0 Å². The van der Waals surface area contributed by atoms with Crippen LogP contribution in [0.3, 0.4) is 0 Å². The van der Waals surface area contributed by atoms with E-state index in [9.17, 15) is 81.8 Å². The standard InChI is InChI=1S/C94H153N21O17/c1-12-58(8)77(113-89(127)70(50-57(6)7)107-81(119)61(11)101-85(123)72(52-63-35-20-16-21-36-63)108-87(125)71(102-76(117)54-99)51-62-33-18-15-19-34-62)91(129)105-66(40-25-29-45-96)82(120)104-68(42-27-31-47-98)84(122)112-79(60(10)14-3)93(131)114-78(59(9)13-2)92(130)106-67(41-26-30-46-97)83(121)111-74(55-116)94(132)115-48-32-43-75(115)90(128)110-69(49-56(4)5)86(124)109-73(53-64-37-22-17-23-38-64)88(126)103-65(80(100)118)39-24-28-44-95/h15-23,33-38,56-61,65-75,77-79,116H,12-14,24-32,39-55,95-99H2,1-11H3,(H2,100,118)(H,101,123)(H,102,117)(H,103,126)(H,104,120)(H,105,129)(H,106,130)(H,107,119)(H,108,125)(H,109,124)(H,110,128)(H,111,121)(H,112,122)(H,113,127)(H,114,131)/t58-,59-,60-,61-,65-,66-,67-,68-,69-,70-,71-,72-,73-,74-,75-,77-,78-,79-/m0/s1. The lowest BCUT2D eigenvalue weighted by atomic mass is 9.94. The van der Waals surface area contributed by atoms with Gasteiger partial charge in [0.25, 0.3) is 0 Å². The molecule has 0 saturated carbocycles. The fourth-order valence-corrected chi connectivity index (χ4v) is 15.3. The molecular weight excluding hydrogens is 1700 g/mol. The smallest absolute Gasteiger partial charge is 0.248 e. The third kappa shape index (κ3) is 39.4. The molecule has 1 fully saturated rings. The number of amides is 16. The molecule has 1 aliphatic rings. The summed E-state index contributed by atoms with van der Waals surface area (Å²) in [5.74, 6) is -14.5. The molecule has 0 aliphatic carbocycles. The maximum absolute atomic E-state index is 15.0. The van der Waals surface area contributed by atoms with Gasteiger partial charge in [-0.15, -0.1) is 0 Å². The summed E-state index contributed by atoms with van der Waals surface area (Å²) in [6, 6.07) is 7.03. The van der Waals surface area contributed by atoms with E-state index in [2.05, 4.69) is 74.4 Å². The fraction of sp³-hybridized carbons (Fsp3) is 0.638. The summed E-state index contributed by atoms with van der Waals surface area (Å²) in [6.45, 7) is 18.8. The Morgan fingerprint density at radius 3 is 1.01 bits per heavy atom. The molecule has 0 radical (unpaired) electrons. The highest BCUT2D eigenvalue weighted by Gasteiger charge is 2.43. The molecule has 0 aromatic heterocycles. The molecule has 16 amide bonds. The van der Waals surface area contributed by atoms with E-state index < -0.39 is 216 Å². The number of nitrogens with one attached hydrogen (secondary N) is 14. The Balaban J connectivity index is 1.56. The first kappa shape index (κ1) is 113. The van der Waals surface area contributed by atoms with Gasteiger partial charge in [-0.05, 0) is 182 Å². The lowest BCUT2D eigenvalue weighted by molar-refractivity contribution is -0.143. The van der Waals surface area contributed by atoms with Crippen molar-refractivity contribution < 1.29 is 81.8 Å². The van der Waals surface area contributed by atoms with Gasteiger partial charge in [-0.3, -0.25) is 76.7 Å². The molecule has 27 N–H and O–H groups in total. The Kier molecular flexibility index (Phi) is 52.2. The van der Waals surface area contributed by atoms with Gasteiger partial charge < -0.3 is 119 Å². The number of aliphatic hydroxyl groups is 1. The molecule has 38 heteroatoms. The number of nitrogens with zero attached hydrogens (tertiary/aromatic N) is 1. The molecule has 132 heavy (non-hydrogen) atoms. The van der Waals surface area contributed by atoms with Crippen molar-refractivity contribution in [2.24, 2.45) is 64.0 Å². The monoisotopic (exact) mass is 1850 g/mol. The molecule has 18 atom stereocenters. The number of rotatable bonds is 63. The molecule has 736 valence electrons. The van der Waals surface area contributed by atoms with Crippen molar-refractivity contribution in [1.82, 2.24) is 79.3 Å². The van der Waals surface area contributed by atoms with Crippen LogP contribution >= 0.6 is 0 Å². The van der Waals surface area contributed by atoms with Gasteiger partial charge in [-0.25, -0.2) is 0 Å². The van der Waals surface area contributed by atoms with Crippen LogP contribution in [0.2, 0.25) is 0 Å². The van der Waals surface area contributed by atoms with Crippen molar-refractivity contribution >= 4 is 94.5 Å². The molecule has 0 bridgehead atoms. The minimum Gasteiger partial charge on any atom is -0.394 e. The number of hydrogen-bond donors (Lipinski definition) is 21. The van der Waals surface area contributed by atoms with Crippen molar-refractivity contribution in [1.29, 1.82) is 0 Å². The van der Waals surface area contributed by atoms with Gasteiger partial charge in [-0.1, -0.05) is 179 Å². The van der Waals surface area contributed by atoms with E-state index in [-0.39, 0.29) is 109 Å². The maximum Gasteiger partial charge on any atom is 0.248 e. The SMILES string of the molecule is CC[C@H](C)[C@H](NC(=O)[C@H](CC(C)C)NC(=O)[C@H](C)NC(=O)[C@H](Cc1ccccc1)NC(=O)[C@H](Cc1ccccc1)NC(=O)CN)C(=O)N[C@@H](CCCCN)C(=O)N[C@@H](CCCCN)C(=O)N[C@H](C(=O)N[C@H](C(=O)N[C@@H](CCCCN)C(=O)N[C@@H](CO)C(=O)N1CCC[C@H]1C(=O)N[C@@H](CC(C)C)C(=O)N[C@@H](Cc1ccccc1)C(=O)N[C@@H](CCCCN)C(N)=O)[C@@H](C)CC)[C@@H](C)CC. The number of nitrogens with two attached hydrogens (primary N) is 6. The van der Waals surface area contributed by atoms with Gasteiger partial charge in [-0.2, -0.15) is 0 Å². The van der Waals surface area contributed by atoms with Crippen molar-refractivity contribution in [3.8, 4) is 0 Å². The maximum atomic E-state index is 15.0. The number of aliphatic hydroxyl groups excluding tert-OH is 1. The average Bonchev–Trinajstić information content (AvgIpc) is 1.65. The van der Waals surface area contributed by atoms with Gasteiger partial charge in [0.2, 0.25) is 94.5 Å². The number of carbonyl (C=O) groups excluding carboxylic acids is 16. The summed E-state index contributed by atoms with van der Waals surface area (Å²) in [6.07, 6.45) is 4.99. The summed E-state index contributed by atoms with van der Waals surface area (Å²) < 4.78 is 0. The Morgan fingerprint density at radius 1 is 0.348 bits per heavy atom. The molecule has 1 aliphatic heterocycles. The van der Waals surface area contributed by atoms with Gasteiger partial charge in [0.15, 0.2) is 0 Å². The Hall–Kier alpha value is -11.1. The van der Waals surface area contributed by atoms with E-state index in [1.807, 2.05) is 27.7 Å². The highest BCUT2D eigenvalue weighted by atomic mass is 16.3. The minimum atomic E-state index is -1.66. The Morgan fingerprint density at radius 2 is 0.644 bits per heavy atom. The van der Waals surface area contributed by atoms with Crippen molar-refractivity contribution in [2.45, 2.75) is 308 Å². The first-order valence-corrected chi connectivity index (χ1v) is 47.0. The number of likely N-dealkylation sites (tertiary alicyclic amines) is 1. The molecule has 1 heterocycles. The van der Waals surface area contributed by atoms with E-state index in [4.69, 9.17) is 34.4 Å². The predicted molar refractivity (Wildman–Crippen MR) is 502 cm³/mol. The molecule has 3 aromatic carbocycles. The fourth-order valence-electron chi connectivity index (χ4n) is 15.3. The van der Waals surface area contributed by atoms with Crippen LogP contribution in [0.5, 0.6) is 0 Å². The first-order valence-electron chi connectivity index (χ1n) is 47.0. The molecule has 38 nitrogen and oxygen atoms in total. The van der Waals surface area contributed by atoms with Crippen LogP contribution in [-0.2, 0) is 96.0 Å². The largest absolute Gasteiger partial charge is 0.394 e. The average molecular weight is 1850 g/mol. The van der Waals surface area contributed by atoms with Gasteiger partial charge in [0, 0.05) is 25.8 Å². The number of carbonyl (C=O) groups is 16. The van der Waals surface area contributed by atoms with E-state index in [0.29, 0.717) is 88.3 Å². The van der Waals surface area contributed by atoms with Crippen LogP contribution in [0.4, 0.5) is 0 Å². The third-order valence-electron chi connectivity index (χ3n) is 23.7. The Labute approximate surface area is 777 Å². The lowest BCUT2D eigenvalue weighted by Gasteiger charge is -2.32. The van der Waals surface area contributed by atoms with E-state index in [0.717, 1.165) is 5.56 Å². The third-order valence-corrected chi connectivity index (χ3v) is 23.7. The molecule has 4 rings (SSSR count). The molecule has 3 aromatic rings. The minimum absolute atomic E-state index is 0.00281. The highest BCUT2D eigenvalue weighted by Crippen LogP contribution is 2.23. The van der Waals surface area contributed by atoms with Gasteiger partial charge in [0.05, 0.1) is 13.2 Å². The summed E-state index contributed by atoms with van der Waals surface area (Å²) >= 11 is 0. The van der Waals surface area contributed by atoms with Crippen molar-refractivity contribution in [2.75, 3.05) is 45.9 Å². The quantitative estimate of drug-likeness (QED) is 0.0323. The van der Waals surface area contributed by atoms with Gasteiger partial charge >= 0.3 is 0 Å². The van der Waals surface area contributed by atoms with Crippen LogP contribution in [0.25, 0.3) is 0 Å². The van der Waals surface area contributed by atoms with Crippen LogP contribution in [-0.4, -0.2) is 241 Å². The van der Waals surface area contributed by atoms with Crippen molar-refractivity contribution in [3.05, 3.63) is 108 Å². The summed E-state index contributed by atoms with van der Waals surface area (Å²) in [5, 5.41) is 49.4. The lowest BCUT2D eigenvalue weighted by Crippen LogP contribution is -2.62. The van der Waals surface area contributed by atoms with E-state index in [1.165, 1.54) is 11.8 Å². The first-order chi connectivity index (χ1) is 62.9. The van der Waals surface area contributed by atoms with Crippen LogP contribution < -0.4 is 109 Å². The molecule has 0 spiro atoms. The zero-order valence-corrected chi connectivity index (χ0v) is 79.1. The predicted octanol–water partition coefficient (Wildman–Crippen LogP) is -0.305.